The average Bonchev–Trinajstić information content (AvgIpc) is 2.02. The maximum Gasteiger partial charge on any atom is 0.129 e. The zero-order valence-electron chi connectivity index (χ0n) is 8.48. The Hall–Kier alpha value is 0.580. The Morgan fingerprint density at radius 3 is 2.46 bits per heavy atom. The molecular weight excluding hydrogens is 282 g/mol. The molecule has 2 nitrogen and oxygen atoms in total. The van der Waals surface area contributed by atoms with Crippen molar-refractivity contribution in [2.75, 3.05) is 13.1 Å². The quantitative estimate of drug-likeness (QED) is 0.589. The third kappa shape index (κ3) is 3.02. The van der Waals surface area contributed by atoms with Crippen LogP contribution >= 0.6 is 22.9 Å². The van der Waals surface area contributed by atoms with Crippen molar-refractivity contribution in [3.05, 3.63) is 0 Å². The fraction of sp³-hybridized carbons (Fsp3) is 1.00. The molecule has 1 aliphatic heterocycles. The number of likely N-dealkylation sites (tertiary alicyclic amines) is 1. The van der Waals surface area contributed by atoms with Gasteiger partial charge in [-0.2, -0.15) is 0 Å². The van der Waals surface area contributed by atoms with Gasteiger partial charge in [-0.25, -0.2) is 4.39 Å². The summed E-state index contributed by atoms with van der Waals surface area (Å²) in [6.45, 7) is 7.96. The predicted molar refractivity (Wildman–Crippen MR) is 61.8 cm³/mol. The molecule has 1 rings (SSSR count). The van der Waals surface area contributed by atoms with Crippen LogP contribution in [0.15, 0.2) is 0 Å². The van der Waals surface area contributed by atoms with Crippen LogP contribution in [0.3, 0.4) is 0 Å². The highest BCUT2D eigenvalue weighted by atomic mass is 127. The van der Waals surface area contributed by atoms with Crippen molar-refractivity contribution >= 4 is 22.9 Å². The fourth-order valence-electron chi connectivity index (χ4n) is 1.64. The molecule has 2 atom stereocenters. The molecule has 1 aliphatic rings. The van der Waals surface area contributed by atoms with Crippen LogP contribution in [0.1, 0.15) is 27.2 Å². The van der Waals surface area contributed by atoms with Crippen molar-refractivity contribution in [3.63, 3.8) is 0 Å². The van der Waals surface area contributed by atoms with E-state index in [1.807, 2.05) is 22.9 Å². The van der Waals surface area contributed by atoms with Gasteiger partial charge in [-0.3, -0.25) is 8.43 Å². The van der Waals surface area contributed by atoms with E-state index in [1.54, 1.807) is 0 Å². The predicted octanol–water partition coefficient (Wildman–Crippen LogP) is 2.14. The Kier molecular flexibility index (Phi) is 3.94. The molecule has 0 spiro atoms. The zero-order chi connectivity index (χ0) is 10.1. The number of nitrogens with zero attached hydrogens (tertiary/aromatic N) is 1. The minimum Gasteiger partial charge on any atom is -0.295 e. The highest BCUT2D eigenvalue weighted by Crippen LogP contribution is 2.22. The first-order valence-corrected chi connectivity index (χ1v) is 5.78. The van der Waals surface area contributed by atoms with Gasteiger partial charge in [-0.05, 0) is 27.2 Å². The minimum atomic E-state index is -0.732. The average molecular weight is 300 g/mol. The first kappa shape index (κ1) is 11.7. The summed E-state index contributed by atoms with van der Waals surface area (Å²) in [5.41, 5.74) is 0.0978. The maximum absolute atomic E-state index is 13.5. The second kappa shape index (κ2) is 4.40. The molecule has 78 valence electrons. The van der Waals surface area contributed by atoms with Crippen molar-refractivity contribution in [2.24, 2.45) is 0 Å². The molecular formula is C9H18FIN2. The third-order valence-electron chi connectivity index (χ3n) is 2.63. The molecule has 0 aliphatic carbocycles. The van der Waals surface area contributed by atoms with Crippen molar-refractivity contribution in [1.82, 2.24) is 8.43 Å². The standard InChI is InChI=1S/C9H18FIN2/c1-9(2,3)13-5-4-8(12-11)7(10)6-13/h7-8,12H,4-6H2,1-3H3. The summed E-state index contributed by atoms with van der Waals surface area (Å²) in [6.07, 6.45) is 0.173. The van der Waals surface area contributed by atoms with Gasteiger partial charge >= 0.3 is 0 Å². The fourth-order valence-corrected chi connectivity index (χ4v) is 2.34. The Morgan fingerprint density at radius 2 is 2.08 bits per heavy atom. The second-order valence-corrected chi connectivity index (χ2v) is 5.26. The zero-order valence-corrected chi connectivity index (χ0v) is 10.6. The van der Waals surface area contributed by atoms with Crippen molar-refractivity contribution in [1.29, 1.82) is 0 Å². The number of hydrogen-bond donors (Lipinski definition) is 1. The summed E-state index contributed by atoms with van der Waals surface area (Å²) >= 11 is 2.04. The monoisotopic (exact) mass is 300 g/mol. The highest BCUT2D eigenvalue weighted by molar-refractivity contribution is 14.1. The van der Waals surface area contributed by atoms with Crippen LogP contribution < -0.4 is 3.53 Å². The van der Waals surface area contributed by atoms with Gasteiger partial charge in [0.25, 0.3) is 0 Å². The summed E-state index contributed by atoms with van der Waals surface area (Å²) in [5.74, 6) is 0. The van der Waals surface area contributed by atoms with Crippen molar-refractivity contribution < 1.29 is 4.39 Å². The number of rotatable bonds is 1. The number of nitrogens with one attached hydrogen (secondary N) is 1. The SMILES string of the molecule is CC(C)(C)N1CCC(NI)C(F)C1. The number of alkyl halides is 1. The van der Waals surface area contributed by atoms with E-state index in [-0.39, 0.29) is 11.6 Å². The van der Waals surface area contributed by atoms with Crippen LogP contribution in [0.5, 0.6) is 0 Å². The summed E-state index contributed by atoms with van der Waals surface area (Å²) in [7, 11) is 0. The molecule has 13 heavy (non-hydrogen) atoms. The van der Waals surface area contributed by atoms with E-state index in [4.69, 9.17) is 0 Å². The van der Waals surface area contributed by atoms with Gasteiger partial charge in [0.1, 0.15) is 6.17 Å². The summed E-state index contributed by atoms with van der Waals surface area (Å²) in [5, 5.41) is 0. The summed E-state index contributed by atoms with van der Waals surface area (Å²) in [4.78, 5) is 2.21. The summed E-state index contributed by atoms with van der Waals surface area (Å²) in [6, 6.07) is 0.0409. The second-order valence-electron chi connectivity index (χ2n) is 4.64. The lowest BCUT2D eigenvalue weighted by Gasteiger charge is -2.42. The third-order valence-corrected chi connectivity index (χ3v) is 3.43. The lowest BCUT2D eigenvalue weighted by Crippen LogP contribution is -2.54. The molecule has 1 heterocycles. The molecule has 0 aromatic carbocycles. The van der Waals surface area contributed by atoms with Crippen LogP contribution in [-0.4, -0.2) is 35.7 Å². The normalized spacial score (nSPS) is 32.1. The molecule has 4 heteroatoms. The molecule has 0 radical (unpaired) electrons. The van der Waals surface area contributed by atoms with Crippen LogP contribution in [0.2, 0.25) is 0 Å². The first-order chi connectivity index (χ1) is 5.95. The van der Waals surface area contributed by atoms with Crippen molar-refractivity contribution in [3.8, 4) is 0 Å². The molecule has 0 aromatic heterocycles. The number of hydrogen-bond acceptors (Lipinski definition) is 2. The lowest BCUT2D eigenvalue weighted by molar-refractivity contribution is 0.0490. The van der Waals surface area contributed by atoms with E-state index in [0.29, 0.717) is 6.54 Å². The van der Waals surface area contributed by atoms with E-state index < -0.39 is 6.17 Å². The molecule has 0 saturated carbocycles. The topological polar surface area (TPSA) is 15.3 Å². The van der Waals surface area contributed by atoms with Gasteiger partial charge in [0.05, 0.1) is 6.04 Å². The Labute approximate surface area is 93.7 Å². The highest BCUT2D eigenvalue weighted by Gasteiger charge is 2.33. The van der Waals surface area contributed by atoms with Crippen LogP contribution in [0.25, 0.3) is 0 Å². The number of halogens is 2. The smallest absolute Gasteiger partial charge is 0.129 e. The van der Waals surface area contributed by atoms with E-state index in [2.05, 4.69) is 29.2 Å². The largest absolute Gasteiger partial charge is 0.295 e. The van der Waals surface area contributed by atoms with E-state index in [9.17, 15) is 4.39 Å². The summed E-state index contributed by atoms with van der Waals surface area (Å²) < 4.78 is 16.5. The molecule has 0 aromatic rings. The molecule has 1 N–H and O–H groups in total. The van der Waals surface area contributed by atoms with Gasteiger partial charge in [0.15, 0.2) is 0 Å². The van der Waals surface area contributed by atoms with Crippen LogP contribution in [0, 0.1) is 0 Å². The molecule has 2 unspecified atom stereocenters. The molecule has 0 amide bonds. The van der Waals surface area contributed by atoms with Gasteiger partial charge < -0.3 is 0 Å². The van der Waals surface area contributed by atoms with Crippen molar-refractivity contribution in [2.45, 2.75) is 44.9 Å². The minimum absolute atomic E-state index is 0.0409. The van der Waals surface area contributed by atoms with Crippen LogP contribution in [0.4, 0.5) is 4.39 Å². The van der Waals surface area contributed by atoms with Gasteiger partial charge in [-0.1, -0.05) is 0 Å². The first-order valence-electron chi connectivity index (χ1n) is 4.70. The van der Waals surface area contributed by atoms with Gasteiger partial charge in [-0.15, -0.1) is 0 Å². The van der Waals surface area contributed by atoms with E-state index in [0.717, 1.165) is 13.0 Å². The lowest BCUT2D eigenvalue weighted by atomic mass is 9.97. The maximum atomic E-state index is 13.5. The molecule has 0 bridgehead atoms. The Bertz CT molecular complexity index is 169. The van der Waals surface area contributed by atoms with Gasteiger partial charge in [0.2, 0.25) is 0 Å². The number of piperidine rings is 1. The Balaban J connectivity index is 2.51. The van der Waals surface area contributed by atoms with E-state index >= 15 is 0 Å². The van der Waals surface area contributed by atoms with E-state index in [1.165, 1.54) is 0 Å². The Morgan fingerprint density at radius 1 is 1.46 bits per heavy atom. The molecule has 1 saturated heterocycles. The van der Waals surface area contributed by atoms with Gasteiger partial charge in [0, 0.05) is 41.5 Å². The van der Waals surface area contributed by atoms with Crippen LogP contribution in [-0.2, 0) is 0 Å². The molecule has 1 fully saturated rings.